The molecule has 0 aliphatic heterocycles. The van der Waals surface area contributed by atoms with Crippen molar-refractivity contribution in [1.82, 2.24) is 0 Å². The Hall–Kier alpha value is -1.07. The zero-order chi connectivity index (χ0) is 13.5. The van der Waals surface area contributed by atoms with Gasteiger partial charge >= 0.3 is 0 Å². The summed E-state index contributed by atoms with van der Waals surface area (Å²) in [7, 11) is 1.98. The topological polar surface area (TPSA) is 61.8 Å². The monoisotopic (exact) mass is 287 g/mol. The highest BCUT2D eigenvalue weighted by molar-refractivity contribution is 7.98. The molecule has 0 fully saturated rings. The Bertz CT molecular complexity index is 426. The average Bonchev–Trinajstić information content (AvgIpc) is 2.37. The van der Waals surface area contributed by atoms with E-state index in [9.17, 15) is 0 Å². The van der Waals surface area contributed by atoms with Gasteiger partial charge in [0, 0.05) is 29.9 Å². The maximum absolute atomic E-state index is 8.80. The lowest BCUT2D eigenvalue weighted by Crippen LogP contribution is -2.24. The molecule has 0 bridgehead atoms. The van der Waals surface area contributed by atoms with Crippen LogP contribution in [-0.4, -0.2) is 36.6 Å². The third kappa shape index (κ3) is 3.99. The molecule has 6 heteroatoms. The van der Waals surface area contributed by atoms with E-state index in [1.807, 2.05) is 24.9 Å². The van der Waals surface area contributed by atoms with E-state index in [-0.39, 0.29) is 5.84 Å². The number of halogens is 1. The first-order valence-corrected chi connectivity index (χ1v) is 7.35. The van der Waals surface area contributed by atoms with Crippen molar-refractivity contribution in [2.75, 3.05) is 30.5 Å². The van der Waals surface area contributed by atoms with Crippen molar-refractivity contribution in [3.05, 3.63) is 28.8 Å². The van der Waals surface area contributed by atoms with Gasteiger partial charge in [0.25, 0.3) is 0 Å². The Balaban J connectivity index is 2.93. The average molecular weight is 288 g/mol. The Labute approximate surface area is 117 Å². The quantitative estimate of drug-likeness (QED) is 0.278. The minimum atomic E-state index is 0.0733. The van der Waals surface area contributed by atoms with Gasteiger partial charge in [-0.25, -0.2) is 0 Å². The lowest BCUT2D eigenvalue weighted by Gasteiger charge is -2.22. The van der Waals surface area contributed by atoms with Gasteiger partial charge in [-0.3, -0.25) is 0 Å². The van der Waals surface area contributed by atoms with Crippen molar-refractivity contribution in [3.63, 3.8) is 0 Å². The molecule has 0 saturated heterocycles. The zero-order valence-electron chi connectivity index (χ0n) is 10.6. The first-order chi connectivity index (χ1) is 8.60. The molecule has 0 atom stereocenters. The maximum atomic E-state index is 8.80. The fourth-order valence-corrected chi connectivity index (χ4v) is 2.26. The van der Waals surface area contributed by atoms with Crippen LogP contribution >= 0.6 is 23.4 Å². The molecule has 3 N–H and O–H groups in total. The van der Waals surface area contributed by atoms with E-state index in [1.54, 1.807) is 12.1 Å². The Morgan fingerprint density at radius 3 is 2.89 bits per heavy atom. The minimum absolute atomic E-state index is 0.0733. The predicted molar refractivity (Wildman–Crippen MR) is 80.2 cm³/mol. The summed E-state index contributed by atoms with van der Waals surface area (Å²) in [5.74, 6) is 1.18. The van der Waals surface area contributed by atoms with Crippen molar-refractivity contribution >= 4 is 34.9 Å². The van der Waals surface area contributed by atoms with Crippen molar-refractivity contribution < 1.29 is 5.21 Å². The maximum Gasteiger partial charge on any atom is 0.172 e. The summed E-state index contributed by atoms with van der Waals surface area (Å²) in [4.78, 5) is 2.08. The molecular formula is C12H18ClN3OS. The number of thioether (sulfide) groups is 1. The van der Waals surface area contributed by atoms with Gasteiger partial charge in [-0.15, -0.1) is 0 Å². The summed E-state index contributed by atoms with van der Waals surface area (Å²) < 4.78 is 0. The molecule has 0 saturated carbocycles. The van der Waals surface area contributed by atoms with Crippen LogP contribution in [0.3, 0.4) is 0 Å². The SMILES string of the molecule is CSCCCN(C)c1ccc(Cl)cc1/C(N)=N/O. The van der Waals surface area contributed by atoms with E-state index in [1.165, 1.54) is 0 Å². The molecule has 0 aromatic heterocycles. The molecule has 0 spiro atoms. The van der Waals surface area contributed by atoms with Gasteiger partial charge in [-0.05, 0) is 36.6 Å². The highest BCUT2D eigenvalue weighted by Crippen LogP contribution is 2.23. The minimum Gasteiger partial charge on any atom is -0.409 e. The normalized spacial score (nSPS) is 11.6. The molecule has 0 unspecified atom stereocenters. The molecule has 1 aromatic carbocycles. The Kier molecular flexibility index (Phi) is 6.15. The zero-order valence-corrected chi connectivity index (χ0v) is 12.1. The first-order valence-electron chi connectivity index (χ1n) is 5.57. The summed E-state index contributed by atoms with van der Waals surface area (Å²) >= 11 is 7.76. The van der Waals surface area contributed by atoms with Crippen molar-refractivity contribution in [2.45, 2.75) is 6.42 Å². The fraction of sp³-hybridized carbons (Fsp3) is 0.417. The molecule has 18 heavy (non-hydrogen) atoms. The van der Waals surface area contributed by atoms with Crippen LogP contribution in [-0.2, 0) is 0 Å². The van der Waals surface area contributed by atoms with Crippen LogP contribution in [0.1, 0.15) is 12.0 Å². The van der Waals surface area contributed by atoms with Gasteiger partial charge in [0.15, 0.2) is 5.84 Å². The first kappa shape index (κ1) is 15.0. The standard InChI is InChI=1S/C12H18ClN3OS/c1-16(6-3-7-18-2)11-5-4-9(13)8-10(11)12(14)15-17/h4-5,8,17H,3,6-7H2,1-2H3,(H2,14,15). The third-order valence-corrected chi connectivity index (χ3v) is 3.53. The summed E-state index contributed by atoms with van der Waals surface area (Å²) in [5, 5.41) is 12.4. The molecule has 4 nitrogen and oxygen atoms in total. The smallest absolute Gasteiger partial charge is 0.172 e. The molecule has 0 radical (unpaired) electrons. The van der Waals surface area contributed by atoms with Crippen LogP contribution < -0.4 is 10.6 Å². The van der Waals surface area contributed by atoms with Crippen molar-refractivity contribution in [2.24, 2.45) is 10.9 Å². The third-order valence-electron chi connectivity index (χ3n) is 2.60. The number of hydrogen-bond donors (Lipinski definition) is 2. The van der Waals surface area contributed by atoms with E-state index < -0.39 is 0 Å². The lowest BCUT2D eigenvalue weighted by molar-refractivity contribution is 0.318. The summed E-state index contributed by atoms with van der Waals surface area (Å²) in [6.07, 6.45) is 3.17. The molecule has 100 valence electrons. The van der Waals surface area contributed by atoms with Crippen molar-refractivity contribution in [1.29, 1.82) is 0 Å². The van der Waals surface area contributed by atoms with Crippen LogP contribution in [0.2, 0.25) is 5.02 Å². The fourth-order valence-electron chi connectivity index (χ4n) is 1.67. The number of anilines is 1. The molecular weight excluding hydrogens is 270 g/mol. The van der Waals surface area contributed by atoms with Crippen LogP contribution in [0.5, 0.6) is 0 Å². The van der Waals surface area contributed by atoms with Gasteiger partial charge < -0.3 is 15.8 Å². The second-order valence-corrected chi connectivity index (χ2v) is 5.34. The van der Waals surface area contributed by atoms with Gasteiger partial charge in [0.2, 0.25) is 0 Å². The van der Waals surface area contributed by atoms with Gasteiger partial charge in [-0.1, -0.05) is 16.8 Å². The van der Waals surface area contributed by atoms with E-state index >= 15 is 0 Å². The molecule has 0 aliphatic rings. The molecule has 1 rings (SSSR count). The van der Waals surface area contributed by atoms with Crippen LogP contribution in [0.4, 0.5) is 5.69 Å². The lowest BCUT2D eigenvalue weighted by atomic mass is 10.1. The molecule has 0 heterocycles. The van der Waals surface area contributed by atoms with E-state index in [4.69, 9.17) is 22.5 Å². The number of oxime groups is 1. The molecule has 0 aliphatic carbocycles. The number of hydrogen-bond acceptors (Lipinski definition) is 4. The summed E-state index contributed by atoms with van der Waals surface area (Å²) in [5.41, 5.74) is 7.23. The second kappa shape index (κ2) is 7.38. The number of rotatable bonds is 6. The predicted octanol–water partition coefficient (Wildman–Crippen LogP) is 2.62. The Morgan fingerprint density at radius 2 is 2.28 bits per heavy atom. The van der Waals surface area contributed by atoms with E-state index in [0.717, 1.165) is 24.4 Å². The van der Waals surface area contributed by atoms with Gasteiger partial charge in [0.05, 0.1) is 0 Å². The Morgan fingerprint density at radius 1 is 1.56 bits per heavy atom. The summed E-state index contributed by atoms with van der Waals surface area (Å²) in [6, 6.07) is 5.39. The number of nitrogens with zero attached hydrogens (tertiary/aromatic N) is 2. The second-order valence-electron chi connectivity index (χ2n) is 3.91. The summed E-state index contributed by atoms with van der Waals surface area (Å²) in [6.45, 7) is 0.911. The highest BCUT2D eigenvalue weighted by Gasteiger charge is 2.11. The highest BCUT2D eigenvalue weighted by atomic mass is 35.5. The van der Waals surface area contributed by atoms with Crippen LogP contribution in [0.15, 0.2) is 23.4 Å². The number of benzene rings is 1. The van der Waals surface area contributed by atoms with Crippen LogP contribution in [0.25, 0.3) is 0 Å². The van der Waals surface area contributed by atoms with Crippen LogP contribution in [0, 0.1) is 0 Å². The van der Waals surface area contributed by atoms with Gasteiger partial charge in [-0.2, -0.15) is 11.8 Å². The largest absolute Gasteiger partial charge is 0.409 e. The number of nitrogens with two attached hydrogens (primary N) is 1. The molecule has 1 aromatic rings. The van der Waals surface area contributed by atoms with Gasteiger partial charge in [0.1, 0.15) is 0 Å². The van der Waals surface area contributed by atoms with E-state index in [2.05, 4.69) is 16.3 Å². The molecule has 0 amide bonds. The van der Waals surface area contributed by atoms with E-state index in [0.29, 0.717) is 10.6 Å². The van der Waals surface area contributed by atoms with Crippen molar-refractivity contribution in [3.8, 4) is 0 Å². The number of amidine groups is 1.